The van der Waals surface area contributed by atoms with E-state index in [1.54, 1.807) is 0 Å². The van der Waals surface area contributed by atoms with E-state index in [0.717, 1.165) is 0 Å². The first-order valence-corrected chi connectivity index (χ1v) is 2.45. The minimum atomic E-state index is -1.42. The van der Waals surface area contributed by atoms with E-state index >= 15 is 0 Å². The minimum absolute atomic E-state index is 0. The van der Waals surface area contributed by atoms with E-state index in [1.807, 2.05) is 0 Å². The minimum Gasteiger partial charge on any atom is -0.412 e. The van der Waals surface area contributed by atoms with Gasteiger partial charge in [0.05, 0.1) is 0 Å². The van der Waals surface area contributed by atoms with Gasteiger partial charge in [-0.05, 0) is 0 Å². The molecule has 0 saturated heterocycles. The summed E-state index contributed by atoms with van der Waals surface area (Å²) in [5, 5.41) is 0. The van der Waals surface area contributed by atoms with E-state index in [-0.39, 0.29) is 153 Å². The molecule has 122 valence electrons. The Morgan fingerprint density at radius 3 is 0.286 bits per heavy atom. The van der Waals surface area contributed by atoms with Crippen molar-refractivity contribution in [1.82, 2.24) is 0 Å². The molecule has 21 heteroatoms. The maximum atomic E-state index is 8.40. The predicted molar refractivity (Wildman–Crippen MR) is 81.3 cm³/mol. The maximum Gasteiger partial charge on any atom is 0.549 e. The van der Waals surface area contributed by atoms with Gasteiger partial charge in [0, 0.05) is 104 Å². The van der Waals surface area contributed by atoms with Crippen molar-refractivity contribution in [2.45, 2.75) is 0 Å². The molecule has 0 atom stereocenters. The topological polar surface area (TPSA) is 352 Å². The summed E-state index contributed by atoms with van der Waals surface area (Å²) in [6, 6.07) is 0. The highest BCUT2D eigenvalue weighted by molar-refractivity contribution is 5.95. The fourth-order valence-electron chi connectivity index (χ4n) is 0. The van der Waals surface area contributed by atoms with E-state index in [2.05, 4.69) is 0 Å². The first-order chi connectivity index (χ1) is 2.83. The third kappa shape index (κ3) is 1540. The van der Waals surface area contributed by atoms with Gasteiger partial charge >= 0.3 is 18.6 Å². The Hall–Kier alpha value is 2.47. The van der Waals surface area contributed by atoms with Crippen molar-refractivity contribution in [1.29, 1.82) is 0 Å². The predicted octanol–water partition coefficient (Wildman–Crippen LogP) is -10.9. The van der Waals surface area contributed by atoms with Crippen molar-refractivity contribution in [2.24, 2.45) is 0 Å². The zero-order valence-corrected chi connectivity index (χ0v) is 19.5. The first-order valence-electron chi connectivity index (χ1n) is 0.816. The molecule has 0 saturated carbocycles. The van der Waals surface area contributed by atoms with Crippen LogP contribution in [0.5, 0.6) is 0 Å². The van der Waals surface area contributed by atoms with Crippen molar-refractivity contribution in [3.8, 4) is 0 Å². The van der Waals surface area contributed by atoms with Crippen LogP contribution in [0.1, 0.15) is 0 Å². The molecule has 0 heterocycles. The smallest absolute Gasteiger partial charge is 0.412 e. The van der Waals surface area contributed by atoms with Gasteiger partial charge in [0.1, 0.15) is 0 Å². The van der Waals surface area contributed by atoms with Crippen LogP contribution in [-0.2, 0) is 17.8 Å². The normalized spacial score (nSPS) is 0.762. The summed E-state index contributed by atoms with van der Waals surface area (Å²) in [5.74, 6) is 0. The zero-order valence-electron chi connectivity index (χ0n) is 10.6. The Labute approximate surface area is 188 Å². The lowest BCUT2D eigenvalue weighted by molar-refractivity contribution is 0.496. The molecule has 0 aliphatic carbocycles. The maximum absolute atomic E-state index is 8.40. The molecule has 0 rings (SSSR count). The second-order valence-electron chi connectivity index (χ2n) is 0.167. The molecule has 0 bridgehead atoms. The summed E-state index contributed by atoms with van der Waals surface area (Å²) in [6.45, 7) is 0. The van der Waals surface area contributed by atoms with Gasteiger partial charge in [-0.25, -0.2) is 0 Å². The first kappa shape index (κ1) is 283. The highest BCUT2D eigenvalue weighted by atomic mass is 28.2. The monoisotopic (exact) mass is 444 g/mol. The van der Waals surface area contributed by atoms with Crippen molar-refractivity contribution < 1.29 is 67.1 Å². The van der Waals surface area contributed by atoms with Crippen molar-refractivity contribution in [3.05, 3.63) is 0 Å². The molecule has 0 amide bonds. The molecule has 0 aromatic carbocycles. The summed E-state index contributed by atoms with van der Waals surface area (Å²) in [6.07, 6.45) is 0. The highest BCUT2D eigenvalue weighted by Gasteiger charge is 1.22. The summed E-state index contributed by atoms with van der Waals surface area (Å²) in [4.78, 5) is 0. The van der Waals surface area contributed by atoms with Gasteiger partial charge in [-0.2, -0.15) is 0 Å². The Morgan fingerprint density at radius 1 is 0.286 bits per heavy atom. The Balaban J connectivity index is -0.000000000593. The number of hydrogen-bond donors (Lipinski definition) is 0. The third-order valence-electron chi connectivity index (χ3n) is 0. The van der Waals surface area contributed by atoms with Gasteiger partial charge in [-0.3, -0.25) is 17.8 Å². The van der Waals surface area contributed by atoms with Crippen LogP contribution in [0, 0.1) is 0 Å². The summed E-state index contributed by atoms with van der Waals surface area (Å²) >= 11 is 0. The molecule has 18 N–H and O–H groups in total. The average molecular weight is 444 g/mol. The second kappa shape index (κ2) is 519. The molecule has 0 aromatic rings. The van der Waals surface area contributed by atoms with Crippen LogP contribution in [0.2, 0.25) is 0 Å². The van der Waals surface area contributed by atoms with E-state index in [0.29, 0.717) is 0 Å². The molecule has 13 nitrogen and oxygen atoms in total. The van der Waals surface area contributed by atoms with Gasteiger partial charge in [0.15, 0.2) is 0 Å². The lowest BCUT2D eigenvalue weighted by atomic mass is 15.9. The van der Waals surface area contributed by atoms with E-state index in [1.165, 1.54) is 0 Å². The Morgan fingerprint density at radius 2 is 0.286 bits per heavy atom. The van der Waals surface area contributed by atoms with Crippen LogP contribution >= 0.6 is 0 Å². The number of hydrogen-bond acceptors (Lipinski definition) is 4. The number of rotatable bonds is 0. The van der Waals surface area contributed by atoms with Crippen LogP contribution in [0.15, 0.2) is 0 Å². The van der Waals surface area contributed by atoms with Gasteiger partial charge in [-0.1, -0.05) is 0 Å². The molecule has 0 unspecified atom stereocenters. The molecular formula is H18Al6O13Si2. The lowest BCUT2D eigenvalue weighted by Crippen LogP contribution is -1.26. The van der Waals surface area contributed by atoms with E-state index < -0.39 is 18.6 Å². The molecule has 0 aromatic heterocycles. The summed E-state index contributed by atoms with van der Waals surface area (Å²) < 4.78 is 33.6. The van der Waals surface area contributed by atoms with E-state index in [9.17, 15) is 0 Å². The van der Waals surface area contributed by atoms with Gasteiger partial charge in [0.25, 0.3) is 0 Å². The van der Waals surface area contributed by atoms with Crippen LogP contribution in [0.25, 0.3) is 0 Å². The van der Waals surface area contributed by atoms with Crippen molar-refractivity contribution in [2.75, 3.05) is 0 Å². The molecule has 21 heavy (non-hydrogen) atoms. The summed E-state index contributed by atoms with van der Waals surface area (Å²) in [5.41, 5.74) is 0. The zero-order chi connectivity index (χ0) is 5.41. The molecule has 0 aliphatic rings. The van der Waals surface area contributed by atoms with Crippen molar-refractivity contribution in [3.63, 3.8) is 0 Å². The molecule has 0 spiro atoms. The lowest BCUT2D eigenvalue weighted by Gasteiger charge is -0.944. The van der Waals surface area contributed by atoms with Gasteiger partial charge in [-0.15, -0.1) is 0 Å². The SMILES string of the molecule is O.O.O.O.O.O.O.O.O.O=[Si]=O.O=[Si]=O.[Al].[Al].[Al].[Al].[Al].[Al]. The molecule has 0 fully saturated rings. The van der Waals surface area contributed by atoms with Crippen LogP contribution in [0.4, 0.5) is 0 Å². The van der Waals surface area contributed by atoms with Crippen LogP contribution in [-0.4, -0.2) is 172 Å². The molecular weight excluding hydrogens is 426 g/mol. The molecule has 18 radical (unpaired) electrons. The quantitative estimate of drug-likeness (QED) is 0.328. The third-order valence-corrected chi connectivity index (χ3v) is 0. The highest BCUT2D eigenvalue weighted by Crippen LogP contribution is 0.762. The second-order valence-corrected chi connectivity index (χ2v) is 0.500. The standard InChI is InChI=1S/6Al.2O2Si.9H2O/c;;;;;;2*1-3-2;;;;;;;;;/h;;;;;;;;9*1H2. The van der Waals surface area contributed by atoms with Crippen LogP contribution < -0.4 is 0 Å². The fraction of sp³-hybridized carbons (Fsp3) is 0. The molecule has 0 aliphatic heterocycles. The Kier molecular flexibility index (Phi) is 6990. The fourth-order valence-corrected chi connectivity index (χ4v) is 0. The average Bonchev–Trinajstić information content (AvgIpc) is 1.39. The van der Waals surface area contributed by atoms with Gasteiger partial charge in [0.2, 0.25) is 0 Å². The van der Waals surface area contributed by atoms with Crippen molar-refractivity contribution >= 4 is 123 Å². The Bertz CT molecular complexity index is 80.7. The largest absolute Gasteiger partial charge is 0.549 e. The van der Waals surface area contributed by atoms with Crippen LogP contribution in [0.3, 0.4) is 0 Å². The summed E-state index contributed by atoms with van der Waals surface area (Å²) in [7, 11) is -2.83. The van der Waals surface area contributed by atoms with Gasteiger partial charge < -0.3 is 49.3 Å². The van der Waals surface area contributed by atoms with E-state index in [4.69, 9.17) is 17.8 Å².